The van der Waals surface area contributed by atoms with Crippen LogP contribution in [0.3, 0.4) is 0 Å². The summed E-state index contributed by atoms with van der Waals surface area (Å²) in [5.41, 5.74) is 2.76. The molecule has 1 aromatic carbocycles. The number of hydrogen-bond donors (Lipinski definition) is 1. The Kier molecular flexibility index (Phi) is 8.43. The van der Waals surface area contributed by atoms with Crippen molar-refractivity contribution in [3.05, 3.63) is 57.8 Å². The van der Waals surface area contributed by atoms with Gasteiger partial charge >= 0.3 is 0 Å². The molecule has 2 aromatic rings. The number of rotatable bonds is 6. The smallest absolute Gasteiger partial charge is 0.224 e. The molecule has 32 heavy (non-hydrogen) atoms. The van der Waals surface area contributed by atoms with Gasteiger partial charge in [-0.1, -0.05) is 74.4 Å². The number of carbonyl (C=O) groups excluding carboxylic acids is 1. The van der Waals surface area contributed by atoms with Crippen molar-refractivity contribution in [1.29, 1.82) is 0 Å². The molecule has 1 atom stereocenters. The van der Waals surface area contributed by atoms with Crippen molar-refractivity contribution < 1.29 is 4.79 Å². The Labute approximate surface area is 198 Å². The van der Waals surface area contributed by atoms with Crippen LogP contribution in [-0.4, -0.2) is 22.5 Å². The molecule has 1 spiro atoms. The third-order valence-electron chi connectivity index (χ3n) is 7.52. The molecule has 1 saturated heterocycles. The van der Waals surface area contributed by atoms with Gasteiger partial charge in [-0.3, -0.25) is 10.1 Å². The van der Waals surface area contributed by atoms with Crippen LogP contribution in [0.4, 0.5) is 0 Å². The predicted molar refractivity (Wildman–Crippen MR) is 135 cm³/mol. The van der Waals surface area contributed by atoms with Gasteiger partial charge in [-0.2, -0.15) is 0 Å². The Hall–Kier alpha value is -1.65. The number of thiophene rings is 1. The first-order valence-electron chi connectivity index (χ1n) is 12.8. The van der Waals surface area contributed by atoms with Crippen LogP contribution in [0.15, 0.2) is 41.8 Å². The molecule has 1 aliphatic heterocycles. The van der Waals surface area contributed by atoms with Crippen LogP contribution < -0.4 is 5.32 Å². The fourth-order valence-electron chi connectivity index (χ4n) is 5.61. The molecular weight excluding hydrogens is 412 g/mol. The second-order valence-electron chi connectivity index (χ2n) is 10.0. The molecule has 1 amide bonds. The summed E-state index contributed by atoms with van der Waals surface area (Å²) < 4.78 is 0. The molecule has 3 nitrogen and oxygen atoms in total. The fourth-order valence-corrected chi connectivity index (χ4v) is 6.31. The topological polar surface area (TPSA) is 32.3 Å². The highest BCUT2D eigenvalue weighted by Crippen LogP contribution is 2.35. The first-order chi connectivity index (χ1) is 15.6. The van der Waals surface area contributed by atoms with Gasteiger partial charge in [-0.05, 0) is 62.5 Å². The van der Waals surface area contributed by atoms with E-state index in [2.05, 4.69) is 58.9 Å². The molecule has 1 aliphatic carbocycles. The maximum absolute atomic E-state index is 13.5. The zero-order valence-corrected chi connectivity index (χ0v) is 20.6. The average molecular weight is 453 g/mol. The van der Waals surface area contributed by atoms with E-state index in [1.165, 1.54) is 80.2 Å². The number of aryl methyl sites for hydroxylation is 2. The molecule has 0 bridgehead atoms. The fraction of sp³-hybridized carbons (Fsp3) is 0.607. The first kappa shape index (κ1) is 23.5. The minimum Gasteiger partial charge on any atom is -0.322 e. The average Bonchev–Trinajstić information content (AvgIpc) is 3.34. The quantitative estimate of drug-likeness (QED) is 0.512. The summed E-state index contributed by atoms with van der Waals surface area (Å²) in [5.74, 6) is 0.289. The number of benzene rings is 1. The number of piperidine rings is 1. The van der Waals surface area contributed by atoms with Gasteiger partial charge in [0.2, 0.25) is 5.91 Å². The molecular formula is C28H40N2OS. The summed E-state index contributed by atoms with van der Waals surface area (Å²) in [5, 5.41) is 6.20. The van der Waals surface area contributed by atoms with Crippen LogP contribution >= 0.6 is 11.3 Å². The van der Waals surface area contributed by atoms with E-state index < -0.39 is 0 Å². The van der Waals surface area contributed by atoms with E-state index in [4.69, 9.17) is 0 Å². The summed E-state index contributed by atoms with van der Waals surface area (Å²) in [6.45, 7) is 2.85. The maximum atomic E-state index is 13.5. The summed E-state index contributed by atoms with van der Waals surface area (Å²) in [7, 11) is 0. The SMILES string of the molecule is Cc1ccc(CCC(=O)N(Cc2cccs2)C2CCCC3(CCCCCCCC3)N2)cc1. The van der Waals surface area contributed by atoms with Crippen LogP contribution in [0.25, 0.3) is 0 Å². The summed E-state index contributed by atoms with van der Waals surface area (Å²) in [4.78, 5) is 17.0. The monoisotopic (exact) mass is 452 g/mol. The molecule has 4 rings (SSSR count). The third-order valence-corrected chi connectivity index (χ3v) is 8.38. The van der Waals surface area contributed by atoms with Crippen LogP contribution in [0.2, 0.25) is 0 Å². The van der Waals surface area contributed by atoms with Gasteiger partial charge < -0.3 is 4.90 Å². The van der Waals surface area contributed by atoms with Gasteiger partial charge in [0.25, 0.3) is 0 Å². The normalized spacial score (nSPS) is 21.5. The number of nitrogens with zero attached hydrogens (tertiary/aromatic N) is 1. The van der Waals surface area contributed by atoms with Gasteiger partial charge in [0.1, 0.15) is 0 Å². The van der Waals surface area contributed by atoms with Crippen molar-refractivity contribution in [2.24, 2.45) is 0 Å². The lowest BCUT2D eigenvalue weighted by molar-refractivity contribution is -0.136. The Morgan fingerprint density at radius 3 is 2.38 bits per heavy atom. The van der Waals surface area contributed by atoms with Crippen LogP contribution in [0, 0.1) is 6.92 Å². The number of amides is 1. The van der Waals surface area contributed by atoms with E-state index in [0.29, 0.717) is 6.42 Å². The zero-order chi connectivity index (χ0) is 22.2. The van der Waals surface area contributed by atoms with Gasteiger partial charge in [0.05, 0.1) is 12.7 Å². The minimum absolute atomic E-state index is 0.164. The van der Waals surface area contributed by atoms with Crippen molar-refractivity contribution >= 4 is 17.2 Å². The molecule has 1 aromatic heterocycles. The van der Waals surface area contributed by atoms with Crippen LogP contribution in [0.5, 0.6) is 0 Å². The summed E-state index contributed by atoms with van der Waals surface area (Å²) in [6, 6.07) is 12.9. The van der Waals surface area contributed by atoms with Crippen molar-refractivity contribution in [3.63, 3.8) is 0 Å². The Morgan fingerprint density at radius 2 is 1.69 bits per heavy atom. The second kappa shape index (κ2) is 11.5. The number of hydrogen-bond acceptors (Lipinski definition) is 3. The number of nitrogens with one attached hydrogen (secondary N) is 1. The molecule has 1 saturated carbocycles. The number of carbonyl (C=O) groups is 1. The third kappa shape index (κ3) is 6.45. The van der Waals surface area contributed by atoms with Crippen LogP contribution in [0.1, 0.15) is 93.1 Å². The van der Waals surface area contributed by atoms with Crippen molar-refractivity contribution in [1.82, 2.24) is 10.2 Å². The summed E-state index contributed by atoms with van der Waals surface area (Å²) >= 11 is 1.76. The van der Waals surface area contributed by atoms with Crippen molar-refractivity contribution in [2.75, 3.05) is 0 Å². The van der Waals surface area contributed by atoms with Crippen molar-refractivity contribution in [2.45, 2.75) is 109 Å². The van der Waals surface area contributed by atoms with E-state index in [1.807, 2.05) is 0 Å². The first-order valence-corrected chi connectivity index (χ1v) is 13.7. The molecule has 4 heteroatoms. The van der Waals surface area contributed by atoms with E-state index in [0.717, 1.165) is 19.4 Å². The lowest BCUT2D eigenvalue weighted by Crippen LogP contribution is -2.60. The highest BCUT2D eigenvalue weighted by molar-refractivity contribution is 7.09. The molecule has 1 unspecified atom stereocenters. The van der Waals surface area contributed by atoms with E-state index in [9.17, 15) is 4.79 Å². The van der Waals surface area contributed by atoms with E-state index in [1.54, 1.807) is 11.3 Å². The van der Waals surface area contributed by atoms with Gasteiger partial charge in [0.15, 0.2) is 0 Å². The highest BCUT2D eigenvalue weighted by atomic mass is 32.1. The molecule has 0 radical (unpaired) electrons. The van der Waals surface area contributed by atoms with E-state index in [-0.39, 0.29) is 17.6 Å². The Balaban J connectivity index is 1.47. The Morgan fingerprint density at radius 1 is 1.00 bits per heavy atom. The second-order valence-corrected chi connectivity index (χ2v) is 11.1. The molecule has 2 aliphatic rings. The van der Waals surface area contributed by atoms with Gasteiger partial charge in [-0.25, -0.2) is 0 Å². The summed E-state index contributed by atoms with van der Waals surface area (Å²) in [6.07, 6.45) is 15.8. The molecule has 174 valence electrons. The zero-order valence-electron chi connectivity index (χ0n) is 19.8. The minimum atomic E-state index is 0.164. The predicted octanol–water partition coefficient (Wildman–Crippen LogP) is 6.99. The Bertz CT molecular complexity index is 820. The highest BCUT2D eigenvalue weighted by Gasteiger charge is 2.38. The van der Waals surface area contributed by atoms with Crippen LogP contribution in [-0.2, 0) is 17.8 Å². The molecule has 1 N–H and O–H groups in total. The van der Waals surface area contributed by atoms with Crippen molar-refractivity contribution in [3.8, 4) is 0 Å². The lowest BCUT2D eigenvalue weighted by atomic mass is 9.79. The van der Waals surface area contributed by atoms with Gasteiger partial charge in [0, 0.05) is 16.8 Å². The van der Waals surface area contributed by atoms with Gasteiger partial charge in [-0.15, -0.1) is 11.3 Å². The lowest BCUT2D eigenvalue weighted by Gasteiger charge is -2.46. The largest absolute Gasteiger partial charge is 0.322 e. The molecule has 2 heterocycles. The molecule has 2 fully saturated rings. The maximum Gasteiger partial charge on any atom is 0.224 e. The van der Waals surface area contributed by atoms with E-state index >= 15 is 0 Å². The standard InChI is InChI=1S/C28H40N2OS/c1-23-12-14-24(15-13-23)16-17-27(31)30(22-25-10-9-21-32-25)26-11-8-20-28(29-26)18-6-4-2-3-5-7-19-28/h9-10,12-15,21,26,29H,2-8,11,16-20,22H2,1H3.